The summed E-state index contributed by atoms with van der Waals surface area (Å²) >= 11 is 0. The van der Waals surface area contributed by atoms with Crippen LogP contribution in [0, 0.1) is 0 Å². The van der Waals surface area contributed by atoms with Gasteiger partial charge in [0.1, 0.15) is 0 Å². The van der Waals surface area contributed by atoms with E-state index < -0.39 is 0 Å². The lowest BCUT2D eigenvalue weighted by atomic mass is 10.1. The van der Waals surface area contributed by atoms with Crippen molar-refractivity contribution in [1.82, 2.24) is 9.88 Å². The maximum Gasteiger partial charge on any atom is 0.291 e. The highest BCUT2D eigenvalue weighted by molar-refractivity contribution is 5.91. The Labute approximate surface area is 101 Å². The normalized spacial score (nSPS) is 20.5. The minimum absolute atomic E-state index is 0.0905. The second kappa shape index (κ2) is 5.82. The molecule has 0 bridgehead atoms. The van der Waals surface area contributed by atoms with Crippen LogP contribution in [0.1, 0.15) is 36.7 Å². The Morgan fingerprint density at radius 3 is 3.29 bits per heavy atom. The molecule has 0 spiro atoms. The van der Waals surface area contributed by atoms with Crippen molar-refractivity contribution in [1.29, 1.82) is 0 Å². The topological polar surface area (TPSA) is 55.6 Å². The highest BCUT2D eigenvalue weighted by Gasteiger charge is 2.26. The standard InChI is InChI=1S/C12H18N2O3/c1-2-6-16-10-4-3-5-14(8-10)12(15)11-7-13-9-17-11/h7,9-10H,2-6,8H2,1H3/t10-/m1/s1. The molecule has 17 heavy (non-hydrogen) atoms. The summed E-state index contributed by atoms with van der Waals surface area (Å²) in [4.78, 5) is 17.6. The van der Waals surface area contributed by atoms with E-state index >= 15 is 0 Å². The van der Waals surface area contributed by atoms with Crippen LogP contribution in [0.5, 0.6) is 0 Å². The number of ether oxygens (including phenoxy) is 1. The van der Waals surface area contributed by atoms with Crippen molar-refractivity contribution in [3.05, 3.63) is 18.4 Å². The highest BCUT2D eigenvalue weighted by Crippen LogP contribution is 2.16. The van der Waals surface area contributed by atoms with E-state index in [1.807, 2.05) is 0 Å². The van der Waals surface area contributed by atoms with Crippen LogP contribution in [0.4, 0.5) is 0 Å². The van der Waals surface area contributed by atoms with Crippen molar-refractivity contribution < 1.29 is 13.9 Å². The first-order chi connectivity index (χ1) is 8.31. The van der Waals surface area contributed by atoms with E-state index in [0.29, 0.717) is 12.3 Å². The molecule has 1 aliphatic heterocycles. The SMILES string of the molecule is CCCO[C@@H]1CCCN(C(=O)c2cnco2)C1. The number of nitrogens with zero attached hydrogens (tertiary/aromatic N) is 2. The molecule has 1 atom stereocenters. The average Bonchev–Trinajstić information content (AvgIpc) is 2.89. The third-order valence-corrected chi connectivity index (χ3v) is 2.87. The second-order valence-corrected chi connectivity index (χ2v) is 4.25. The predicted molar refractivity (Wildman–Crippen MR) is 61.7 cm³/mol. The Kier molecular flexibility index (Phi) is 4.14. The Hall–Kier alpha value is -1.36. The number of oxazole rings is 1. The van der Waals surface area contributed by atoms with Gasteiger partial charge >= 0.3 is 0 Å². The van der Waals surface area contributed by atoms with Crippen molar-refractivity contribution in [3.63, 3.8) is 0 Å². The van der Waals surface area contributed by atoms with Crippen molar-refractivity contribution in [3.8, 4) is 0 Å². The van der Waals surface area contributed by atoms with Gasteiger partial charge in [-0.15, -0.1) is 0 Å². The van der Waals surface area contributed by atoms with E-state index in [-0.39, 0.29) is 12.0 Å². The molecule has 1 saturated heterocycles. The molecule has 2 heterocycles. The van der Waals surface area contributed by atoms with Gasteiger partial charge in [-0.2, -0.15) is 0 Å². The molecule has 2 rings (SSSR count). The molecule has 0 aliphatic carbocycles. The van der Waals surface area contributed by atoms with E-state index in [2.05, 4.69) is 11.9 Å². The van der Waals surface area contributed by atoms with Crippen LogP contribution in [0.3, 0.4) is 0 Å². The summed E-state index contributed by atoms with van der Waals surface area (Å²) in [5.41, 5.74) is 0. The summed E-state index contributed by atoms with van der Waals surface area (Å²) in [6.07, 6.45) is 5.91. The van der Waals surface area contributed by atoms with Crippen molar-refractivity contribution in [2.75, 3.05) is 19.7 Å². The molecular formula is C12H18N2O3. The van der Waals surface area contributed by atoms with Crippen LogP contribution in [-0.4, -0.2) is 41.6 Å². The lowest BCUT2D eigenvalue weighted by Crippen LogP contribution is -2.43. The van der Waals surface area contributed by atoms with Gasteiger partial charge in [-0.25, -0.2) is 4.98 Å². The van der Waals surface area contributed by atoms with Crippen molar-refractivity contribution >= 4 is 5.91 Å². The molecule has 1 aromatic heterocycles. The summed E-state index contributed by atoms with van der Waals surface area (Å²) in [6, 6.07) is 0. The largest absolute Gasteiger partial charge is 0.438 e. The zero-order valence-corrected chi connectivity index (χ0v) is 10.1. The van der Waals surface area contributed by atoms with Gasteiger partial charge in [-0.3, -0.25) is 4.79 Å². The second-order valence-electron chi connectivity index (χ2n) is 4.25. The summed E-state index contributed by atoms with van der Waals surface area (Å²) in [5.74, 6) is 0.216. The molecule has 0 aromatic carbocycles. The first-order valence-electron chi connectivity index (χ1n) is 6.10. The van der Waals surface area contributed by atoms with Gasteiger partial charge in [-0.1, -0.05) is 6.92 Å². The van der Waals surface area contributed by atoms with Crippen molar-refractivity contribution in [2.45, 2.75) is 32.3 Å². The van der Waals surface area contributed by atoms with E-state index in [1.165, 1.54) is 12.6 Å². The third-order valence-electron chi connectivity index (χ3n) is 2.87. The first kappa shape index (κ1) is 12.1. The molecule has 94 valence electrons. The molecule has 0 saturated carbocycles. The Balaban J connectivity index is 1.90. The average molecular weight is 238 g/mol. The monoisotopic (exact) mass is 238 g/mol. The van der Waals surface area contributed by atoms with Crippen LogP contribution in [-0.2, 0) is 4.74 Å². The van der Waals surface area contributed by atoms with Crippen molar-refractivity contribution in [2.24, 2.45) is 0 Å². The minimum Gasteiger partial charge on any atom is -0.438 e. The predicted octanol–water partition coefficient (Wildman–Crippen LogP) is 1.71. The van der Waals surface area contributed by atoms with Crippen LogP contribution in [0.25, 0.3) is 0 Å². The molecule has 0 radical (unpaired) electrons. The van der Waals surface area contributed by atoms with E-state index in [9.17, 15) is 4.79 Å². The first-order valence-corrected chi connectivity index (χ1v) is 6.10. The number of rotatable bonds is 4. The van der Waals surface area contributed by atoms with Gasteiger partial charge in [0, 0.05) is 19.7 Å². The molecule has 1 aromatic rings. The quantitative estimate of drug-likeness (QED) is 0.801. The molecule has 0 N–H and O–H groups in total. The molecule has 1 aliphatic rings. The maximum absolute atomic E-state index is 12.0. The fourth-order valence-corrected chi connectivity index (χ4v) is 2.02. The van der Waals surface area contributed by atoms with Crippen LogP contribution in [0.2, 0.25) is 0 Å². The Morgan fingerprint density at radius 2 is 2.59 bits per heavy atom. The van der Waals surface area contributed by atoms with Crippen LogP contribution < -0.4 is 0 Å². The number of carbonyl (C=O) groups is 1. The number of aromatic nitrogens is 1. The number of piperidine rings is 1. The summed E-state index contributed by atoms with van der Waals surface area (Å²) in [5, 5.41) is 0. The van der Waals surface area contributed by atoms with Gasteiger partial charge in [0.2, 0.25) is 5.76 Å². The number of likely N-dealkylation sites (tertiary alicyclic amines) is 1. The van der Waals surface area contributed by atoms with Crippen LogP contribution >= 0.6 is 0 Å². The van der Waals surface area contributed by atoms with E-state index in [1.54, 1.807) is 4.90 Å². The summed E-state index contributed by atoms with van der Waals surface area (Å²) in [6.45, 7) is 4.26. The molecule has 5 heteroatoms. The Morgan fingerprint density at radius 1 is 1.71 bits per heavy atom. The lowest BCUT2D eigenvalue weighted by Gasteiger charge is -2.32. The van der Waals surface area contributed by atoms with E-state index in [4.69, 9.17) is 9.15 Å². The number of hydrogen-bond acceptors (Lipinski definition) is 4. The molecule has 1 fully saturated rings. The maximum atomic E-state index is 12.0. The van der Waals surface area contributed by atoms with Gasteiger partial charge in [0.15, 0.2) is 6.39 Å². The number of carbonyl (C=O) groups excluding carboxylic acids is 1. The zero-order chi connectivity index (χ0) is 12.1. The smallest absolute Gasteiger partial charge is 0.291 e. The third kappa shape index (κ3) is 3.06. The van der Waals surface area contributed by atoms with Gasteiger partial charge in [0.05, 0.1) is 12.3 Å². The fraction of sp³-hybridized carbons (Fsp3) is 0.667. The van der Waals surface area contributed by atoms with Crippen LogP contribution in [0.15, 0.2) is 17.0 Å². The van der Waals surface area contributed by atoms with E-state index in [0.717, 1.165) is 32.4 Å². The summed E-state index contributed by atoms with van der Waals surface area (Å²) in [7, 11) is 0. The van der Waals surface area contributed by atoms with Gasteiger partial charge < -0.3 is 14.1 Å². The molecule has 1 amide bonds. The zero-order valence-electron chi connectivity index (χ0n) is 10.1. The van der Waals surface area contributed by atoms with Gasteiger partial charge in [0.25, 0.3) is 5.91 Å². The van der Waals surface area contributed by atoms with Gasteiger partial charge in [-0.05, 0) is 19.3 Å². The highest BCUT2D eigenvalue weighted by atomic mass is 16.5. The number of amides is 1. The molecule has 5 nitrogen and oxygen atoms in total. The number of hydrogen-bond donors (Lipinski definition) is 0. The lowest BCUT2D eigenvalue weighted by molar-refractivity contribution is 0.00115. The minimum atomic E-state index is -0.0905. The molecule has 0 unspecified atom stereocenters. The molecular weight excluding hydrogens is 220 g/mol. The fourth-order valence-electron chi connectivity index (χ4n) is 2.02. The summed E-state index contributed by atoms with van der Waals surface area (Å²) < 4.78 is 10.7. The Bertz CT molecular complexity index is 351.